The highest BCUT2D eigenvalue weighted by atomic mass is 32.1. The van der Waals surface area contributed by atoms with E-state index in [9.17, 15) is 0 Å². The average molecular weight is 846 g/mol. The highest BCUT2D eigenvalue weighted by Gasteiger charge is 2.28. The zero-order valence-corrected chi connectivity index (χ0v) is 41.2. The number of hydrogen-bond acceptors (Lipinski definition) is 3. The van der Waals surface area contributed by atoms with Crippen LogP contribution < -0.4 is 10.1 Å². The molecule has 0 amide bonds. The molecule has 3 aliphatic carbocycles. The van der Waals surface area contributed by atoms with E-state index in [0.29, 0.717) is 29.6 Å². The Morgan fingerprint density at radius 3 is 2.31 bits per heavy atom. The minimum Gasteiger partial charge on any atom is -0.355 e. The first kappa shape index (κ1) is 48.8. The van der Waals surface area contributed by atoms with Gasteiger partial charge in [-0.3, -0.25) is 0 Å². The van der Waals surface area contributed by atoms with E-state index in [1.165, 1.54) is 55.7 Å². The maximum atomic E-state index is 4.71. The van der Waals surface area contributed by atoms with E-state index in [4.69, 9.17) is 6.58 Å². The molecule has 1 radical (unpaired) electrons. The standard InChI is InChI=1S/C58H78BN2S/c1-15-23-48(60-54-30-29-47(58(12,13)14)37-53(54)45-24-20-19-21-25-45)31-33-61(49(18-4)26-22-32-57(9,10)11)50(34-44(17-3)43(8)40(5)16-2)39-59-56-36-46-35-51-41(6)27-28-42(7)52(51)38-55(46)62-56/h15,18,20,22-26,30-33,35-42,44,47,60H,1,4,8,16-17,19,21,27-29,34H2,2-3,5-7,9-14H3/b32-22+,33-31+,48-23+,49-26+,50-39-. The maximum Gasteiger partial charge on any atom is 0.197 e. The number of fused-ring (bicyclic) bond motifs is 2. The summed E-state index contributed by atoms with van der Waals surface area (Å²) < 4.78 is 2.65. The van der Waals surface area contributed by atoms with Gasteiger partial charge in [0.1, 0.15) is 0 Å². The van der Waals surface area contributed by atoms with Crippen LogP contribution in [-0.4, -0.2) is 12.2 Å². The molecule has 0 saturated heterocycles. The molecule has 0 spiro atoms. The minimum absolute atomic E-state index is 0.0465. The van der Waals surface area contributed by atoms with E-state index in [2.05, 4.69) is 198 Å². The van der Waals surface area contributed by atoms with Gasteiger partial charge in [0, 0.05) is 39.3 Å². The molecule has 5 atom stereocenters. The lowest BCUT2D eigenvalue weighted by atomic mass is 9.73. The zero-order chi connectivity index (χ0) is 45.2. The van der Waals surface area contributed by atoms with Crippen LogP contribution in [0.4, 0.5) is 0 Å². The normalized spacial score (nSPS) is 21.3. The summed E-state index contributed by atoms with van der Waals surface area (Å²) in [6.07, 6.45) is 37.6. The summed E-state index contributed by atoms with van der Waals surface area (Å²) >= 11 is 1.90. The topological polar surface area (TPSA) is 15.3 Å². The van der Waals surface area contributed by atoms with Gasteiger partial charge in [-0.15, -0.1) is 0 Å². The molecule has 62 heavy (non-hydrogen) atoms. The van der Waals surface area contributed by atoms with E-state index >= 15 is 0 Å². The fourth-order valence-electron chi connectivity index (χ4n) is 8.87. The summed E-state index contributed by atoms with van der Waals surface area (Å²) in [4.78, 5) is 2.35. The van der Waals surface area contributed by atoms with Crippen molar-refractivity contribution in [3.05, 3.63) is 174 Å². The maximum absolute atomic E-state index is 4.71. The smallest absolute Gasteiger partial charge is 0.197 e. The molecule has 0 saturated carbocycles. The quantitative estimate of drug-likeness (QED) is 0.0913. The highest BCUT2D eigenvalue weighted by Crippen LogP contribution is 2.42. The Labute approximate surface area is 383 Å². The third-order valence-corrected chi connectivity index (χ3v) is 14.3. The van der Waals surface area contributed by atoms with Crippen molar-refractivity contribution in [3.63, 3.8) is 0 Å². The largest absolute Gasteiger partial charge is 0.355 e. The molecule has 2 nitrogen and oxygen atoms in total. The number of nitrogens with one attached hydrogen (secondary N) is 1. The van der Waals surface area contributed by atoms with E-state index in [-0.39, 0.29) is 10.8 Å². The Morgan fingerprint density at radius 2 is 1.69 bits per heavy atom. The van der Waals surface area contributed by atoms with Crippen molar-refractivity contribution in [2.24, 2.45) is 28.6 Å². The van der Waals surface area contributed by atoms with Crippen molar-refractivity contribution in [1.29, 1.82) is 0 Å². The molecular formula is C58H78BN2S. The Hall–Kier alpha value is -4.28. The van der Waals surface area contributed by atoms with Gasteiger partial charge in [-0.05, 0) is 161 Å². The number of allylic oxidation sites excluding steroid dienone is 15. The van der Waals surface area contributed by atoms with E-state index < -0.39 is 0 Å². The molecule has 1 N–H and O–H groups in total. The Kier molecular flexibility index (Phi) is 17.2. The van der Waals surface area contributed by atoms with Crippen molar-refractivity contribution >= 4 is 33.5 Å². The van der Waals surface area contributed by atoms with E-state index in [1.54, 1.807) is 5.56 Å². The summed E-state index contributed by atoms with van der Waals surface area (Å²) in [5, 5.41) is 5.23. The van der Waals surface area contributed by atoms with Crippen LogP contribution >= 0.6 is 11.3 Å². The molecule has 5 unspecified atom stereocenters. The zero-order valence-electron chi connectivity index (χ0n) is 40.4. The minimum atomic E-state index is 0.0465. The van der Waals surface area contributed by atoms with Gasteiger partial charge in [0.2, 0.25) is 0 Å². The number of benzene rings is 1. The third-order valence-electron chi connectivity index (χ3n) is 13.3. The van der Waals surface area contributed by atoms with Gasteiger partial charge >= 0.3 is 0 Å². The lowest BCUT2D eigenvalue weighted by Crippen LogP contribution is -2.25. The second kappa shape index (κ2) is 21.9. The van der Waals surface area contributed by atoms with Crippen LogP contribution in [-0.2, 0) is 0 Å². The SMILES string of the molecule is C=C/C=C(\C=C\N(/C(=C\[B]c1cc2cc3c(cc2s1)C(C)CCC3C)CC(CC)C(=C)C(C)CC)/C(C=C)=C/C=C/C(C)(C)C)NC1=CCC(C(C)(C)C)C=C1C1=CCCC=C1. The number of rotatable bonds is 18. The lowest BCUT2D eigenvalue weighted by molar-refractivity contribution is 0.291. The lowest BCUT2D eigenvalue weighted by Gasteiger charge is -2.33. The summed E-state index contributed by atoms with van der Waals surface area (Å²) in [5.41, 5.74) is 11.5. The van der Waals surface area contributed by atoms with Crippen LogP contribution in [0.25, 0.3) is 10.1 Å². The van der Waals surface area contributed by atoms with Crippen molar-refractivity contribution < 1.29 is 0 Å². The first-order valence-electron chi connectivity index (χ1n) is 23.6. The summed E-state index contributed by atoms with van der Waals surface area (Å²) in [6.45, 7) is 38.7. The highest BCUT2D eigenvalue weighted by molar-refractivity contribution is 7.27. The van der Waals surface area contributed by atoms with Crippen molar-refractivity contribution in [3.8, 4) is 0 Å². The van der Waals surface area contributed by atoms with Crippen LogP contribution in [0.15, 0.2) is 163 Å². The van der Waals surface area contributed by atoms with Gasteiger partial charge in [0.25, 0.3) is 0 Å². The first-order valence-corrected chi connectivity index (χ1v) is 24.5. The average Bonchev–Trinajstić information content (AvgIpc) is 3.65. The van der Waals surface area contributed by atoms with Crippen LogP contribution in [0.1, 0.15) is 150 Å². The molecule has 1 heterocycles. The van der Waals surface area contributed by atoms with Gasteiger partial charge in [-0.25, -0.2) is 0 Å². The van der Waals surface area contributed by atoms with Crippen molar-refractivity contribution in [2.75, 3.05) is 0 Å². The summed E-state index contributed by atoms with van der Waals surface area (Å²) in [6, 6.07) is 7.36. The second-order valence-corrected chi connectivity index (χ2v) is 21.4. The molecule has 4 heteroatoms. The van der Waals surface area contributed by atoms with Gasteiger partial charge in [0.15, 0.2) is 7.28 Å². The molecule has 329 valence electrons. The Bertz CT molecular complexity index is 2160. The predicted molar refractivity (Wildman–Crippen MR) is 278 cm³/mol. The summed E-state index contributed by atoms with van der Waals surface area (Å²) in [7, 11) is 2.34. The molecule has 2 aromatic rings. The van der Waals surface area contributed by atoms with E-state index in [0.717, 1.165) is 55.6 Å². The molecule has 0 aliphatic heterocycles. The van der Waals surface area contributed by atoms with Gasteiger partial charge < -0.3 is 10.2 Å². The fourth-order valence-corrected chi connectivity index (χ4v) is 9.87. The molecule has 0 bridgehead atoms. The Morgan fingerprint density at radius 1 is 0.968 bits per heavy atom. The fraction of sp³-hybridized carbons (Fsp3) is 0.448. The number of hydrogen-bond donors (Lipinski definition) is 1. The van der Waals surface area contributed by atoms with Gasteiger partial charge in [0.05, 0.1) is 0 Å². The molecule has 0 fully saturated rings. The number of nitrogens with zero attached hydrogens (tertiary/aromatic N) is 1. The van der Waals surface area contributed by atoms with Crippen LogP contribution in [0.3, 0.4) is 0 Å². The summed E-state index contributed by atoms with van der Waals surface area (Å²) in [5.74, 6) is 4.81. The Balaban J connectivity index is 1.60. The van der Waals surface area contributed by atoms with Crippen molar-refractivity contribution in [2.45, 2.75) is 139 Å². The van der Waals surface area contributed by atoms with Gasteiger partial charge in [-0.1, -0.05) is 156 Å². The molecule has 1 aromatic carbocycles. The monoisotopic (exact) mass is 846 g/mol. The van der Waals surface area contributed by atoms with Crippen molar-refractivity contribution in [1.82, 2.24) is 10.2 Å². The van der Waals surface area contributed by atoms with Crippen LogP contribution in [0, 0.1) is 28.6 Å². The molecule has 1 aromatic heterocycles. The molecular weight excluding hydrogens is 768 g/mol. The van der Waals surface area contributed by atoms with Crippen LogP contribution in [0.2, 0.25) is 0 Å². The molecule has 5 rings (SSSR count). The number of thiophene rings is 1. The van der Waals surface area contributed by atoms with E-state index in [1.807, 2.05) is 23.5 Å². The predicted octanol–water partition coefficient (Wildman–Crippen LogP) is 16.4. The first-order chi connectivity index (χ1) is 29.5. The van der Waals surface area contributed by atoms with Crippen LogP contribution in [0.5, 0.6) is 0 Å². The molecule has 3 aliphatic rings. The second-order valence-electron chi connectivity index (χ2n) is 20.3. The van der Waals surface area contributed by atoms with Gasteiger partial charge in [-0.2, -0.15) is 11.3 Å². The third kappa shape index (κ3) is 12.9.